The summed E-state index contributed by atoms with van der Waals surface area (Å²) >= 11 is 6.08. The van der Waals surface area contributed by atoms with Crippen LogP contribution in [0.25, 0.3) is 11.1 Å². The van der Waals surface area contributed by atoms with E-state index in [9.17, 15) is 0 Å². The fourth-order valence-electron chi connectivity index (χ4n) is 2.29. The van der Waals surface area contributed by atoms with Crippen LogP contribution in [0.15, 0.2) is 42.5 Å². The molecular formula is C17H21Cl2N. The van der Waals surface area contributed by atoms with Gasteiger partial charge in [0, 0.05) is 11.6 Å². The Hall–Kier alpha value is -1.02. The van der Waals surface area contributed by atoms with Crippen LogP contribution in [0, 0.1) is 5.92 Å². The van der Waals surface area contributed by atoms with Crippen molar-refractivity contribution in [2.24, 2.45) is 11.7 Å². The quantitative estimate of drug-likeness (QED) is 0.836. The molecule has 3 heteroatoms. The zero-order valence-electron chi connectivity index (χ0n) is 11.9. The smallest absolute Gasteiger partial charge is 0.0412 e. The lowest BCUT2D eigenvalue weighted by Crippen LogP contribution is -1.99. The SMILES string of the molecule is CC(C)Cc1ccc(-c2cc(Cl)ccc2CN)cc1.Cl. The largest absolute Gasteiger partial charge is 0.326 e. The fourth-order valence-corrected chi connectivity index (χ4v) is 2.46. The van der Waals surface area contributed by atoms with Crippen LogP contribution in [-0.2, 0) is 13.0 Å². The van der Waals surface area contributed by atoms with Crippen LogP contribution < -0.4 is 5.73 Å². The summed E-state index contributed by atoms with van der Waals surface area (Å²) in [6.07, 6.45) is 1.11. The minimum atomic E-state index is 0. The third-order valence-electron chi connectivity index (χ3n) is 3.20. The molecule has 0 spiro atoms. The first-order valence-electron chi connectivity index (χ1n) is 6.68. The molecule has 0 saturated heterocycles. The van der Waals surface area contributed by atoms with E-state index in [2.05, 4.69) is 38.1 Å². The molecule has 0 heterocycles. The van der Waals surface area contributed by atoms with E-state index in [1.165, 1.54) is 11.1 Å². The molecule has 2 aromatic rings. The van der Waals surface area contributed by atoms with Gasteiger partial charge < -0.3 is 5.73 Å². The van der Waals surface area contributed by atoms with E-state index in [4.69, 9.17) is 17.3 Å². The predicted octanol–water partition coefficient (Wildman–Crippen LogP) is 5.09. The van der Waals surface area contributed by atoms with E-state index in [1.807, 2.05) is 18.2 Å². The van der Waals surface area contributed by atoms with Gasteiger partial charge in [-0.25, -0.2) is 0 Å². The summed E-state index contributed by atoms with van der Waals surface area (Å²) < 4.78 is 0. The monoisotopic (exact) mass is 309 g/mol. The molecule has 0 atom stereocenters. The molecular weight excluding hydrogens is 289 g/mol. The third kappa shape index (κ3) is 4.24. The Morgan fingerprint density at radius 2 is 1.70 bits per heavy atom. The maximum absolute atomic E-state index is 6.08. The van der Waals surface area contributed by atoms with Gasteiger partial charge in [-0.15, -0.1) is 12.4 Å². The van der Waals surface area contributed by atoms with E-state index in [1.54, 1.807) is 0 Å². The molecule has 2 N–H and O–H groups in total. The molecule has 0 aliphatic heterocycles. The third-order valence-corrected chi connectivity index (χ3v) is 3.44. The van der Waals surface area contributed by atoms with Crippen molar-refractivity contribution in [2.45, 2.75) is 26.8 Å². The number of halogens is 2. The van der Waals surface area contributed by atoms with E-state index >= 15 is 0 Å². The Morgan fingerprint density at radius 3 is 2.25 bits per heavy atom. The van der Waals surface area contributed by atoms with Gasteiger partial charge in [-0.3, -0.25) is 0 Å². The fraction of sp³-hybridized carbons (Fsp3) is 0.294. The van der Waals surface area contributed by atoms with Crippen molar-refractivity contribution in [2.75, 3.05) is 0 Å². The summed E-state index contributed by atoms with van der Waals surface area (Å²) in [5.41, 5.74) is 10.6. The van der Waals surface area contributed by atoms with Crippen molar-refractivity contribution in [3.05, 3.63) is 58.6 Å². The average Bonchev–Trinajstić information content (AvgIpc) is 2.39. The van der Waals surface area contributed by atoms with Gasteiger partial charge in [-0.1, -0.05) is 55.8 Å². The molecule has 1 nitrogen and oxygen atoms in total. The Labute approximate surface area is 132 Å². The van der Waals surface area contributed by atoms with Crippen molar-refractivity contribution in [3.63, 3.8) is 0 Å². The second-order valence-electron chi connectivity index (χ2n) is 5.30. The number of hydrogen-bond donors (Lipinski definition) is 1. The Bertz CT molecular complexity index is 547. The van der Waals surface area contributed by atoms with E-state index in [0.29, 0.717) is 12.5 Å². The maximum Gasteiger partial charge on any atom is 0.0412 e. The lowest BCUT2D eigenvalue weighted by molar-refractivity contribution is 0.647. The summed E-state index contributed by atoms with van der Waals surface area (Å²) in [5, 5.41) is 0.749. The van der Waals surface area contributed by atoms with Gasteiger partial charge >= 0.3 is 0 Å². The van der Waals surface area contributed by atoms with Crippen LogP contribution in [0.4, 0.5) is 0 Å². The van der Waals surface area contributed by atoms with Crippen molar-refractivity contribution in [1.82, 2.24) is 0 Å². The first-order chi connectivity index (χ1) is 9.10. The molecule has 2 aromatic carbocycles. The number of nitrogens with two attached hydrogens (primary N) is 1. The average molecular weight is 310 g/mol. The first-order valence-corrected chi connectivity index (χ1v) is 7.05. The van der Waals surface area contributed by atoms with Crippen molar-refractivity contribution in [3.8, 4) is 11.1 Å². The summed E-state index contributed by atoms with van der Waals surface area (Å²) in [4.78, 5) is 0. The Kier molecular flexibility index (Phi) is 6.54. The van der Waals surface area contributed by atoms with Crippen molar-refractivity contribution >= 4 is 24.0 Å². The van der Waals surface area contributed by atoms with Crippen LogP contribution in [0.1, 0.15) is 25.0 Å². The van der Waals surface area contributed by atoms with E-state index in [-0.39, 0.29) is 12.4 Å². The molecule has 2 rings (SSSR count). The molecule has 108 valence electrons. The second-order valence-corrected chi connectivity index (χ2v) is 5.74. The van der Waals surface area contributed by atoms with Gasteiger partial charge in [-0.2, -0.15) is 0 Å². The summed E-state index contributed by atoms with van der Waals surface area (Å²) in [6, 6.07) is 14.6. The highest BCUT2D eigenvalue weighted by Gasteiger charge is 2.05. The van der Waals surface area contributed by atoms with Crippen LogP contribution in [0.2, 0.25) is 5.02 Å². The lowest BCUT2D eigenvalue weighted by Gasteiger charge is -2.10. The number of benzene rings is 2. The molecule has 0 unspecified atom stereocenters. The van der Waals surface area contributed by atoms with Crippen LogP contribution >= 0.6 is 24.0 Å². The lowest BCUT2D eigenvalue weighted by atomic mass is 9.96. The van der Waals surface area contributed by atoms with Gasteiger partial charge in [0.25, 0.3) is 0 Å². The molecule has 0 aromatic heterocycles. The topological polar surface area (TPSA) is 26.0 Å². The second kappa shape index (κ2) is 7.68. The van der Waals surface area contributed by atoms with Crippen molar-refractivity contribution < 1.29 is 0 Å². The maximum atomic E-state index is 6.08. The first kappa shape index (κ1) is 17.0. The molecule has 0 saturated carbocycles. The molecule has 0 fully saturated rings. The zero-order valence-corrected chi connectivity index (χ0v) is 13.5. The molecule has 0 aliphatic carbocycles. The predicted molar refractivity (Wildman–Crippen MR) is 90.6 cm³/mol. The number of hydrogen-bond acceptors (Lipinski definition) is 1. The highest BCUT2D eigenvalue weighted by molar-refractivity contribution is 6.30. The normalized spacial score (nSPS) is 10.4. The van der Waals surface area contributed by atoms with Crippen LogP contribution in [0.5, 0.6) is 0 Å². The minimum absolute atomic E-state index is 0. The minimum Gasteiger partial charge on any atom is -0.326 e. The summed E-state index contributed by atoms with van der Waals surface area (Å²) in [7, 11) is 0. The highest BCUT2D eigenvalue weighted by Crippen LogP contribution is 2.27. The Balaban J connectivity index is 0.00000200. The van der Waals surface area contributed by atoms with E-state index in [0.717, 1.165) is 22.6 Å². The van der Waals surface area contributed by atoms with Gasteiger partial charge in [0.05, 0.1) is 0 Å². The molecule has 20 heavy (non-hydrogen) atoms. The molecule has 0 amide bonds. The standard InChI is InChI=1S/C17H20ClN.ClH/c1-12(2)9-13-3-5-14(6-4-13)17-10-16(18)8-7-15(17)11-19;/h3-8,10,12H,9,11,19H2,1-2H3;1H. The highest BCUT2D eigenvalue weighted by atomic mass is 35.5. The summed E-state index contributed by atoms with van der Waals surface area (Å²) in [5.74, 6) is 0.677. The Morgan fingerprint density at radius 1 is 1.05 bits per heavy atom. The van der Waals surface area contributed by atoms with Gasteiger partial charge in [0.2, 0.25) is 0 Å². The zero-order chi connectivity index (χ0) is 13.8. The van der Waals surface area contributed by atoms with Crippen LogP contribution in [-0.4, -0.2) is 0 Å². The summed E-state index contributed by atoms with van der Waals surface area (Å²) in [6.45, 7) is 5.00. The number of rotatable bonds is 4. The molecule has 0 bridgehead atoms. The van der Waals surface area contributed by atoms with Gasteiger partial charge in [0.1, 0.15) is 0 Å². The van der Waals surface area contributed by atoms with Gasteiger partial charge in [0.15, 0.2) is 0 Å². The van der Waals surface area contributed by atoms with Crippen LogP contribution in [0.3, 0.4) is 0 Å². The molecule has 0 radical (unpaired) electrons. The molecule has 0 aliphatic rings. The van der Waals surface area contributed by atoms with Crippen molar-refractivity contribution in [1.29, 1.82) is 0 Å². The van der Waals surface area contributed by atoms with E-state index < -0.39 is 0 Å². The van der Waals surface area contributed by atoms with Gasteiger partial charge in [-0.05, 0) is 46.7 Å².